The van der Waals surface area contributed by atoms with E-state index in [0.29, 0.717) is 18.0 Å². The first-order valence-corrected chi connectivity index (χ1v) is 6.72. The van der Waals surface area contributed by atoms with Crippen LogP contribution in [-0.4, -0.2) is 22.6 Å². The van der Waals surface area contributed by atoms with E-state index in [1.54, 1.807) is 0 Å². The lowest BCUT2D eigenvalue weighted by Crippen LogP contribution is -2.27. The minimum atomic E-state index is -0.823. The third-order valence-electron chi connectivity index (χ3n) is 4.07. The van der Waals surface area contributed by atoms with E-state index >= 15 is 0 Å². The summed E-state index contributed by atoms with van der Waals surface area (Å²) in [6, 6.07) is 1.81. The number of aromatic nitrogens is 1. The Labute approximate surface area is 106 Å². The van der Waals surface area contributed by atoms with E-state index < -0.39 is 5.97 Å². The van der Waals surface area contributed by atoms with Crippen molar-refractivity contribution in [3.8, 4) is 0 Å². The predicted octanol–water partition coefficient (Wildman–Crippen LogP) is 2.08. The standard InChI is InChI=1S/C14H18N2O2/c17-14(18)10-7-13(9-3-1-2-4-9)16-12-5-6-15-8-11(10)12/h7,9,15H,1-6,8H2,(H,17,18). The Kier molecular flexibility index (Phi) is 3.04. The molecule has 0 atom stereocenters. The first-order valence-electron chi connectivity index (χ1n) is 6.72. The van der Waals surface area contributed by atoms with Crippen LogP contribution in [0, 0.1) is 0 Å². The van der Waals surface area contributed by atoms with E-state index in [-0.39, 0.29) is 0 Å². The van der Waals surface area contributed by atoms with Crippen molar-refractivity contribution in [1.29, 1.82) is 0 Å². The lowest BCUT2D eigenvalue weighted by Gasteiger charge is -2.21. The molecular weight excluding hydrogens is 228 g/mol. The van der Waals surface area contributed by atoms with Crippen molar-refractivity contribution in [2.24, 2.45) is 0 Å². The molecule has 2 aliphatic rings. The van der Waals surface area contributed by atoms with Crippen LogP contribution in [0.15, 0.2) is 6.07 Å². The van der Waals surface area contributed by atoms with Crippen molar-refractivity contribution in [1.82, 2.24) is 10.3 Å². The summed E-state index contributed by atoms with van der Waals surface area (Å²) in [6.45, 7) is 1.53. The van der Waals surface area contributed by atoms with Gasteiger partial charge in [0.25, 0.3) is 0 Å². The third-order valence-corrected chi connectivity index (χ3v) is 4.07. The molecule has 0 aromatic carbocycles. The molecule has 0 bridgehead atoms. The number of hydrogen-bond acceptors (Lipinski definition) is 3. The molecule has 0 amide bonds. The van der Waals surface area contributed by atoms with E-state index in [9.17, 15) is 9.90 Å². The van der Waals surface area contributed by atoms with Gasteiger partial charge in [0, 0.05) is 42.4 Å². The molecule has 4 nitrogen and oxygen atoms in total. The summed E-state index contributed by atoms with van der Waals surface area (Å²) in [5.74, 6) is -0.347. The van der Waals surface area contributed by atoms with Crippen molar-refractivity contribution in [2.45, 2.75) is 44.6 Å². The van der Waals surface area contributed by atoms with Gasteiger partial charge in [-0.1, -0.05) is 12.8 Å². The molecule has 2 N–H and O–H groups in total. The fourth-order valence-electron chi connectivity index (χ4n) is 3.09. The van der Waals surface area contributed by atoms with Crippen LogP contribution in [-0.2, 0) is 13.0 Å². The minimum absolute atomic E-state index is 0.453. The number of aromatic carboxylic acids is 1. The molecule has 1 aromatic rings. The van der Waals surface area contributed by atoms with E-state index in [1.165, 1.54) is 12.8 Å². The van der Waals surface area contributed by atoms with Gasteiger partial charge in [-0.05, 0) is 18.9 Å². The van der Waals surface area contributed by atoms with Crippen LogP contribution >= 0.6 is 0 Å². The fourth-order valence-corrected chi connectivity index (χ4v) is 3.09. The van der Waals surface area contributed by atoms with Crippen molar-refractivity contribution in [3.05, 3.63) is 28.6 Å². The number of carboxylic acid groups (broad SMARTS) is 1. The largest absolute Gasteiger partial charge is 0.478 e. The Morgan fingerprint density at radius 2 is 2.17 bits per heavy atom. The topological polar surface area (TPSA) is 62.2 Å². The van der Waals surface area contributed by atoms with Crippen LogP contribution in [0.1, 0.15) is 58.9 Å². The maximum atomic E-state index is 11.4. The molecule has 0 radical (unpaired) electrons. The number of fused-ring (bicyclic) bond motifs is 1. The van der Waals surface area contributed by atoms with Gasteiger partial charge in [0.05, 0.1) is 5.56 Å². The molecule has 2 heterocycles. The van der Waals surface area contributed by atoms with Crippen molar-refractivity contribution >= 4 is 5.97 Å². The zero-order chi connectivity index (χ0) is 12.5. The van der Waals surface area contributed by atoms with Gasteiger partial charge in [0.2, 0.25) is 0 Å². The van der Waals surface area contributed by atoms with Crippen molar-refractivity contribution < 1.29 is 9.90 Å². The van der Waals surface area contributed by atoms with Gasteiger partial charge in [-0.25, -0.2) is 4.79 Å². The number of hydrogen-bond donors (Lipinski definition) is 2. The van der Waals surface area contributed by atoms with Crippen molar-refractivity contribution in [3.63, 3.8) is 0 Å². The van der Waals surface area contributed by atoms with Crippen LogP contribution in [0.3, 0.4) is 0 Å². The molecule has 1 fully saturated rings. The smallest absolute Gasteiger partial charge is 0.336 e. The fraction of sp³-hybridized carbons (Fsp3) is 0.571. The number of rotatable bonds is 2. The lowest BCUT2D eigenvalue weighted by molar-refractivity contribution is 0.0694. The molecule has 1 aliphatic heterocycles. The van der Waals surface area contributed by atoms with E-state index in [4.69, 9.17) is 4.98 Å². The molecule has 1 saturated carbocycles. The number of pyridine rings is 1. The molecule has 1 aromatic heterocycles. The van der Waals surface area contributed by atoms with Crippen LogP contribution < -0.4 is 5.32 Å². The monoisotopic (exact) mass is 246 g/mol. The second-order valence-corrected chi connectivity index (χ2v) is 5.23. The van der Waals surface area contributed by atoms with E-state index in [2.05, 4.69) is 5.32 Å². The highest BCUT2D eigenvalue weighted by Gasteiger charge is 2.24. The summed E-state index contributed by atoms with van der Waals surface area (Å²) in [4.78, 5) is 16.1. The third kappa shape index (κ3) is 2.01. The summed E-state index contributed by atoms with van der Waals surface area (Å²) in [5, 5.41) is 12.6. The Morgan fingerprint density at radius 3 is 2.89 bits per heavy atom. The number of carboxylic acids is 1. The summed E-state index contributed by atoms with van der Waals surface area (Å²) in [6.07, 6.45) is 5.64. The average Bonchev–Trinajstić information content (AvgIpc) is 2.91. The molecule has 1 aliphatic carbocycles. The highest BCUT2D eigenvalue weighted by atomic mass is 16.4. The van der Waals surface area contributed by atoms with Gasteiger partial charge in [0.1, 0.15) is 0 Å². The quantitative estimate of drug-likeness (QED) is 0.838. The van der Waals surface area contributed by atoms with E-state index in [1.807, 2.05) is 6.07 Å². The first kappa shape index (κ1) is 11.7. The second-order valence-electron chi connectivity index (χ2n) is 5.23. The van der Waals surface area contributed by atoms with Crippen LogP contribution in [0.25, 0.3) is 0 Å². The summed E-state index contributed by atoms with van der Waals surface area (Å²) in [5.41, 5.74) is 3.34. The summed E-state index contributed by atoms with van der Waals surface area (Å²) < 4.78 is 0. The SMILES string of the molecule is O=C(O)c1cc(C2CCCC2)nc2c1CNCC2. The highest BCUT2D eigenvalue weighted by Crippen LogP contribution is 2.34. The Hall–Kier alpha value is -1.42. The zero-order valence-electron chi connectivity index (χ0n) is 10.4. The molecule has 3 rings (SSSR count). The van der Waals surface area contributed by atoms with Gasteiger partial charge in [-0.15, -0.1) is 0 Å². The van der Waals surface area contributed by atoms with Gasteiger partial charge in [0.15, 0.2) is 0 Å². The second kappa shape index (κ2) is 4.69. The van der Waals surface area contributed by atoms with Crippen LogP contribution in [0.5, 0.6) is 0 Å². The molecule has 4 heteroatoms. The Balaban J connectivity index is 2.05. The zero-order valence-corrected chi connectivity index (χ0v) is 10.4. The minimum Gasteiger partial charge on any atom is -0.478 e. The molecule has 0 saturated heterocycles. The molecule has 0 unspecified atom stereocenters. The molecule has 96 valence electrons. The van der Waals surface area contributed by atoms with Gasteiger partial charge < -0.3 is 10.4 Å². The number of carbonyl (C=O) groups is 1. The van der Waals surface area contributed by atoms with Gasteiger partial charge in [-0.3, -0.25) is 4.98 Å². The Morgan fingerprint density at radius 1 is 1.39 bits per heavy atom. The summed E-state index contributed by atoms with van der Waals surface area (Å²) in [7, 11) is 0. The number of nitrogens with one attached hydrogen (secondary N) is 1. The molecular formula is C14H18N2O2. The number of nitrogens with zero attached hydrogens (tertiary/aromatic N) is 1. The Bertz CT molecular complexity index is 479. The van der Waals surface area contributed by atoms with E-state index in [0.717, 1.165) is 42.8 Å². The summed E-state index contributed by atoms with van der Waals surface area (Å²) >= 11 is 0. The lowest BCUT2D eigenvalue weighted by atomic mass is 9.95. The average molecular weight is 246 g/mol. The molecule has 0 spiro atoms. The predicted molar refractivity (Wildman–Crippen MR) is 67.8 cm³/mol. The maximum absolute atomic E-state index is 11.4. The highest BCUT2D eigenvalue weighted by molar-refractivity contribution is 5.89. The van der Waals surface area contributed by atoms with Gasteiger partial charge in [-0.2, -0.15) is 0 Å². The van der Waals surface area contributed by atoms with Crippen LogP contribution in [0.2, 0.25) is 0 Å². The first-order chi connectivity index (χ1) is 8.75. The van der Waals surface area contributed by atoms with Crippen LogP contribution in [0.4, 0.5) is 0 Å². The maximum Gasteiger partial charge on any atom is 0.336 e. The van der Waals surface area contributed by atoms with Crippen molar-refractivity contribution in [2.75, 3.05) is 6.54 Å². The normalized spacial score (nSPS) is 19.8. The van der Waals surface area contributed by atoms with Gasteiger partial charge >= 0.3 is 5.97 Å². The molecule has 18 heavy (non-hydrogen) atoms.